The van der Waals surface area contributed by atoms with Gasteiger partial charge in [-0.05, 0) is 23.8 Å². The summed E-state index contributed by atoms with van der Waals surface area (Å²) in [6, 6.07) is 11.9. The van der Waals surface area contributed by atoms with Crippen LogP contribution in [0.4, 0.5) is 5.69 Å². The normalized spacial score (nSPS) is 15.1. The molecular weight excluding hydrogens is 324 g/mol. The van der Waals surface area contributed by atoms with E-state index in [1.54, 1.807) is 42.5 Å². The molecule has 1 N–H and O–H groups in total. The molecule has 7 heteroatoms. The van der Waals surface area contributed by atoms with E-state index in [4.69, 9.17) is 9.47 Å². The van der Waals surface area contributed by atoms with Crippen molar-refractivity contribution >= 4 is 23.4 Å². The van der Waals surface area contributed by atoms with Crippen molar-refractivity contribution in [3.8, 4) is 11.5 Å². The monoisotopic (exact) mass is 338 g/mol. The van der Waals surface area contributed by atoms with Crippen molar-refractivity contribution in [2.75, 3.05) is 18.7 Å². The maximum Gasteiger partial charge on any atom is 0.261 e. The molecule has 0 aliphatic carbocycles. The Morgan fingerprint density at radius 3 is 2.76 bits per heavy atom. The number of nitrogens with zero attached hydrogens (tertiary/aromatic N) is 1. The molecule has 4 rings (SSSR count). The van der Waals surface area contributed by atoms with Crippen LogP contribution in [0, 0.1) is 0 Å². The van der Waals surface area contributed by atoms with Crippen molar-refractivity contribution < 1.29 is 23.9 Å². The molecule has 0 spiro atoms. The predicted octanol–water partition coefficient (Wildman–Crippen LogP) is 1.58. The number of amides is 3. The van der Waals surface area contributed by atoms with Crippen LogP contribution in [-0.4, -0.2) is 36.0 Å². The molecule has 7 nitrogen and oxygen atoms in total. The van der Waals surface area contributed by atoms with E-state index < -0.39 is 11.8 Å². The van der Waals surface area contributed by atoms with E-state index in [9.17, 15) is 14.4 Å². The average Bonchev–Trinajstić information content (AvgIpc) is 3.06. The molecule has 2 aromatic rings. The highest BCUT2D eigenvalue weighted by Crippen LogP contribution is 2.34. The lowest BCUT2D eigenvalue weighted by Crippen LogP contribution is -2.46. The predicted molar refractivity (Wildman–Crippen MR) is 87.4 cm³/mol. The molecule has 126 valence electrons. The summed E-state index contributed by atoms with van der Waals surface area (Å²) in [6.07, 6.45) is 0.110. The maximum atomic E-state index is 12.5. The summed E-state index contributed by atoms with van der Waals surface area (Å²) in [5, 5.41) is 2.66. The highest BCUT2D eigenvalue weighted by atomic mass is 16.7. The first-order valence-corrected chi connectivity index (χ1v) is 7.74. The summed E-state index contributed by atoms with van der Waals surface area (Å²) in [4.78, 5) is 37.9. The SMILES string of the molecule is O=C(CN1C(=O)Cc2ccccc2C1=O)Nc1ccc2c(c1)OCO2. The first kappa shape index (κ1) is 15.2. The summed E-state index contributed by atoms with van der Waals surface area (Å²) < 4.78 is 10.5. The number of fused-ring (bicyclic) bond motifs is 2. The number of imide groups is 1. The summed E-state index contributed by atoms with van der Waals surface area (Å²) >= 11 is 0. The van der Waals surface area contributed by atoms with E-state index in [-0.39, 0.29) is 25.7 Å². The minimum atomic E-state index is -0.458. The topological polar surface area (TPSA) is 84.9 Å². The van der Waals surface area contributed by atoms with Gasteiger partial charge in [0.2, 0.25) is 18.6 Å². The Hall–Kier alpha value is -3.35. The van der Waals surface area contributed by atoms with Gasteiger partial charge in [-0.25, -0.2) is 0 Å². The minimum absolute atomic E-state index is 0.110. The Kier molecular flexibility index (Phi) is 3.61. The zero-order chi connectivity index (χ0) is 17.4. The lowest BCUT2D eigenvalue weighted by atomic mass is 9.98. The number of hydrogen-bond donors (Lipinski definition) is 1. The molecule has 0 bridgehead atoms. The van der Waals surface area contributed by atoms with Crippen LogP contribution in [0.5, 0.6) is 11.5 Å². The third kappa shape index (κ3) is 2.80. The van der Waals surface area contributed by atoms with Crippen LogP contribution in [0.2, 0.25) is 0 Å². The van der Waals surface area contributed by atoms with E-state index in [2.05, 4.69) is 5.32 Å². The first-order chi connectivity index (χ1) is 12.1. The number of rotatable bonds is 3. The Morgan fingerprint density at radius 1 is 1.08 bits per heavy atom. The molecule has 0 fully saturated rings. The van der Waals surface area contributed by atoms with Crippen LogP contribution < -0.4 is 14.8 Å². The zero-order valence-corrected chi connectivity index (χ0v) is 13.2. The number of anilines is 1. The fourth-order valence-corrected chi connectivity index (χ4v) is 2.88. The van der Waals surface area contributed by atoms with Gasteiger partial charge < -0.3 is 14.8 Å². The summed E-state index contributed by atoms with van der Waals surface area (Å²) in [6.45, 7) is -0.191. The molecule has 0 radical (unpaired) electrons. The molecular formula is C18H14N2O5. The summed E-state index contributed by atoms with van der Waals surface area (Å²) in [7, 11) is 0. The van der Waals surface area contributed by atoms with Crippen LogP contribution in [-0.2, 0) is 16.0 Å². The van der Waals surface area contributed by atoms with Crippen molar-refractivity contribution in [2.45, 2.75) is 6.42 Å². The second-order valence-corrected chi connectivity index (χ2v) is 5.74. The van der Waals surface area contributed by atoms with Gasteiger partial charge in [0, 0.05) is 17.3 Å². The number of benzene rings is 2. The third-order valence-electron chi connectivity index (χ3n) is 4.09. The quantitative estimate of drug-likeness (QED) is 0.859. The Balaban J connectivity index is 1.47. The van der Waals surface area contributed by atoms with Crippen LogP contribution in [0.15, 0.2) is 42.5 Å². The third-order valence-corrected chi connectivity index (χ3v) is 4.09. The Morgan fingerprint density at radius 2 is 1.88 bits per heavy atom. The first-order valence-electron chi connectivity index (χ1n) is 7.74. The van der Waals surface area contributed by atoms with Gasteiger partial charge in [-0.15, -0.1) is 0 Å². The van der Waals surface area contributed by atoms with Crippen molar-refractivity contribution in [1.82, 2.24) is 4.90 Å². The summed E-state index contributed by atoms with van der Waals surface area (Å²) in [5.41, 5.74) is 1.65. The number of carbonyl (C=O) groups is 3. The molecule has 2 aliphatic rings. The van der Waals surface area contributed by atoms with E-state index in [0.717, 1.165) is 4.90 Å². The average molecular weight is 338 g/mol. The summed E-state index contributed by atoms with van der Waals surface area (Å²) in [5.74, 6) is -0.148. The van der Waals surface area contributed by atoms with Crippen LogP contribution in [0.1, 0.15) is 15.9 Å². The van der Waals surface area contributed by atoms with Gasteiger partial charge in [0.1, 0.15) is 6.54 Å². The Labute approximate surface area is 143 Å². The molecule has 2 heterocycles. The van der Waals surface area contributed by atoms with Gasteiger partial charge in [0.05, 0.1) is 6.42 Å². The van der Waals surface area contributed by atoms with Gasteiger partial charge in [-0.3, -0.25) is 19.3 Å². The fraction of sp³-hybridized carbons (Fsp3) is 0.167. The van der Waals surface area contributed by atoms with E-state index in [1.807, 2.05) is 0 Å². The molecule has 3 amide bonds. The fourth-order valence-electron chi connectivity index (χ4n) is 2.88. The molecule has 0 saturated heterocycles. The lowest BCUT2D eigenvalue weighted by molar-refractivity contribution is -0.131. The second-order valence-electron chi connectivity index (χ2n) is 5.74. The molecule has 0 aromatic heterocycles. The Bertz CT molecular complexity index is 893. The molecule has 25 heavy (non-hydrogen) atoms. The van der Waals surface area contributed by atoms with Crippen molar-refractivity contribution in [3.05, 3.63) is 53.6 Å². The number of ether oxygens (including phenoxy) is 2. The van der Waals surface area contributed by atoms with E-state index in [1.165, 1.54) is 0 Å². The van der Waals surface area contributed by atoms with Crippen molar-refractivity contribution in [1.29, 1.82) is 0 Å². The zero-order valence-electron chi connectivity index (χ0n) is 13.2. The number of hydrogen-bond acceptors (Lipinski definition) is 5. The highest BCUT2D eigenvalue weighted by Gasteiger charge is 2.32. The van der Waals surface area contributed by atoms with E-state index in [0.29, 0.717) is 28.3 Å². The van der Waals surface area contributed by atoms with Crippen LogP contribution in [0.3, 0.4) is 0 Å². The lowest BCUT2D eigenvalue weighted by Gasteiger charge is -2.26. The van der Waals surface area contributed by atoms with Gasteiger partial charge in [-0.1, -0.05) is 18.2 Å². The van der Waals surface area contributed by atoms with Gasteiger partial charge in [0.15, 0.2) is 11.5 Å². The minimum Gasteiger partial charge on any atom is -0.454 e. The largest absolute Gasteiger partial charge is 0.454 e. The van der Waals surface area contributed by atoms with Gasteiger partial charge >= 0.3 is 0 Å². The number of nitrogens with one attached hydrogen (secondary N) is 1. The standard InChI is InChI=1S/C18H14N2O5/c21-16(19-12-5-6-14-15(8-12)25-10-24-14)9-20-17(22)7-11-3-1-2-4-13(11)18(20)23/h1-6,8H,7,9-10H2,(H,19,21). The van der Waals surface area contributed by atoms with Gasteiger partial charge in [-0.2, -0.15) is 0 Å². The molecule has 2 aliphatic heterocycles. The maximum absolute atomic E-state index is 12.5. The molecule has 0 saturated carbocycles. The van der Waals surface area contributed by atoms with Crippen molar-refractivity contribution in [2.24, 2.45) is 0 Å². The molecule has 0 atom stereocenters. The number of carbonyl (C=O) groups excluding carboxylic acids is 3. The van der Waals surface area contributed by atoms with Crippen LogP contribution >= 0.6 is 0 Å². The van der Waals surface area contributed by atoms with Crippen LogP contribution in [0.25, 0.3) is 0 Å². The highest BCUT2D eigenvalue weighted by molar-refractivity contribution is 6.12. The smallest absolute Gasteiger partial charge is 0.261 e. The molecule has 0 unspecified atom stereocenters. The van der Waals surface area contributed by atoms with Gasteiger partial charge in [0.25, 0.3) is 5.91 Å². The second kappa shape index (κ2) is 5.94. The van der Waals surface area contributed by atoms with E-state index >= 15 is 0 Å². The van der Waals surface area contributed by atoms with Crippen molar-refractivity contribution in [3.63, 3.8) is 0 Å². The molecule has 2 aromatic carbocycles.